The number of hydrogen-bond donors (Lipinski definition) is 0. The highest BCUT2D eigenvalue weighted by molar-refractivity contribution is 5.75. The molecule has 1 aromatic carbocycles. The van der Waals surface area contributed by atoms with Crippen LogP contribution in [0.5, 0.6) is 5.75 Å². The van der Waals surface area contributed by atoms with Gasteiger partial charge in [-0.25, -0.2) is 0 Å². The molecular weight excluding hydrogens is 310 g/mol. The molecule has 3 nitrogen and oxygen atoms in total. The number of nitrogens with zero attached hydrogens (tertiary/aromatic N) is 1. The molecule has 1 aromatic rings. The SMILES string of the molecule is CCCCCC[C@H]1CC[C@H](C(=O)Oc2ccc(C#CC#N)cc2)CC1. The molecule has 25 heavy (non-hydrogen) atoms. The number of benzene rings is 1. The summed E-state index contributed by atoms with van der Waals surface area (Å²) in [5, 5.41) is 8.44. The van der Waals surface area contributed by atoms with Crippen LogP contribution in [0, 0.1) is 35.0 Å². The lowest BCUT2D eigenvalue weighted by molar-refractivity contribution is -0.140. The van der Waals surface area contributed by atoms with E-state index in [1.807, 2.05) is 0 Å². The summed E-state index contributed by atoms with van der Waals surface area (Å²) in [5.74, 6) is 6.33. The Bertz CT molecular complexity index is 637. The van der Waals surface area contributed by atoms with Gasteiger partial charge in [0.05, 0.1) is 5.92 Å². The van der Waals surface area contributed by atoms with E-state index < -0.39 is 0 Å². The molecule has 0 radical (unpaired) electrons. The lowest BCUT2D eigenvalue weighted by Crippen LogP contribution is -2.25. The Morgan fingerprint density at radius 1 is 1.12 bits per heavy atom. The van der Waals surface area contributed by atoms with Crippen molar-refractivity contribution in [2.75, 3.05) is 0 Å². The van der Waals surface area contributed by atoms with Crippen LogP contribution in [-0.4, -0.2) is 5.97 Å². The number of rotatable bonds is 7. The van der Waals surface area contributed by atoms with Crippen LogP contribution in [0.3, 0.4) is 0 Å². The molecule has 2 rings (SSSR count). The van der Waals surface area contributed by atoms with E-state index >= 15 is 0 Å². The first-order valence-corrected chi connectivity index (χ1v) is 9.44. The van der Waals surface area contributed by atoms with Gasteiger partial charge in [-0.2, -0.15) is 5.26 Å². The van der Waals surface area contributed by atoms with Crippen LogP contribution in [-0.2, 0) is 4.79 Å². The second-order valence-electron chi connectivity index (χ2n) is 6.87. The lowest BCUT2D eigenvalue weighted by Gasteiger charge is -2.27. The highest BCUT2D eigenvalue weighted by Crippen LogP contribution is 2.33. The number of carbonyl (C=O) groups excluding carboxylic acids is 1. The van der Waals surface area contributed by atoms with Gasteiger partial charge in [0.2, 0.25) is 0 Å². The van der Waals surface area contributed by atoms with Gasteiger partial charge in [-0.15, -0.1) is 0 Å². The maximum Gasteiger partial charge on any atom is 0.314 e. The average molecular weight is 337 g/mol. The Morgan fingerprint density at radius 2 is 1.84 bits per heavy atom. The number of unbranched alkanes of at least 4 members (excludes halogenated alkanes) is 3. The lowest BCUT2D eigenvalue weighted by atomic mass is 9.80. The molecule has 0 spiro atoms. The van der Waals surface area contributed by atoms with Gasteiger partial charge in [-0.05, 0) is 55.9 Å². The summed E-state index contributed by atoms with van der Waals surface area (Å²) < 4.78 is 5.51. The second-order valence-corrected chi connectivity index (χ2v) is 6.87. The first-order chi connectivity index (χ1) is 12.2. The van der Waals surface area contributed by atoms with E-state index in [0.29, 0.717) is 5.75 Å². The third kappa shape index (κ3) is 6.63. The summed E-state index contributed by atoms with van der Waals surface area (Å²) in [6, 6.07) is 8.78. The fourth-order valence-electron chi connectivity index (χ4n) is 3.45. The first-order valence-electron chi connectivity index (χ1n) is 9.44. The van der Waals surface area contributed by atoms with Crippen LogP contribution in [0.25, 0.3) is 0 Å². The van der Waals surface area contributed by atoms with E-state index in [2.05, 4.69) is 18.8 Å². The maximum absolute atomic E-state index is 12.3. The largest absolute Gasteiger partial charge is 0.426 e. The molecule has 3 heteroatoms. The van der Waals surface area contributed by atoms with Gasteiger partial charge in [0, 0.05) is 11.5 Å². The van der Waals surface area contributed by atoms with Crippen LogP contribution >= 0.6 is 0 Å². The molecule has 0 aliphatic heterocycles. The topological polar surface area (TPSA) is 50.1 Å². The van der Waals surface area contributed by atoms with Crippen molar-refractivity contribution in [1.29, 1.82) is 5.26 Å². The van der Waals surface area contributed by atoms with E-state index in [1.165, 1.54) is 32.1 Å². The normalized spacial score (nSPS) is 19.4. The number of carbonyl (C=O) groups is 1. The summed E-state index contributed by atoms with van der Waals surface area (Å²) in [6.45, 7) is 2.24. The van der Waals surface area contributed by atoms with Crippen molar-refractivity contribution in [3.05, 3.63) is 29.8 Å². The predicted molar refractivity (Wildman–Crippen MR) is 98.8 cm³/mol. The van der Waals surface area contributed by atoms with Crippen LogP contribution < -0.4 is 4.74 Å². The minimum absolute atomic E-state index is 0.0324. The van der Waals surface area contributed by atoms with Crippen LogP contribution in [0.2, 0.25) is 0 Å². The summed E-state index contributed by atoms with van der Waals surface area (Å²) >= 11 is 0. The summed E-state index contributed by atoms with van der Waals surface area (Å²) in [7, 11) is 0. The fraction of sp³-hybridized carbons (Fsp3) is 0.545. The first kappa shape index (κ1) is 19.1. The summed E-state index contributed by atoms with van der Waals surface area (Å²) in [4.78, 5) is 12.3. The van der Waals surface area contributed by atoms with Gasteiger partial charge in [-0.3, -0.25) is 4.79 Å². The number of nitriles is 1. The maximum atomic E-state index is 12.3. The molecule has 0 heterocycles. The van der Waals surface area contributed by atoms with E-state index in [4.69, 9.17) is 10.00 Å². The minimum atomic E-state index is -0.111. The average Bonchev–Trinajstić information content (AvgIpc) is 2.65. The van der Waals surface area contributed by atoms with E-state index in [1.54, 1.807) is 30.3 Å². The van der Waals surface area contributed by atoms with E-state index in [9.17, 15) is 4.79 Å². The number of hydrogen-bond acceptors (Lipinski definition) is 3. The Morgan fingerprint density at radius 3 is 2.48 bits per heavy atom. The summed E-state index contributed by atoms with van der Waals surface area (Å²) in [5.41, 5.74) is 0.741. The van der Waals surface area contributed by atoms with E-state index in [-0.39, 0.29) is 11.9 Å². The molecule has 1 aliphatic rings. The molecule has 1 fully saturated rings. The predicted octanol–water partition coefficient (Wildman–Crippen LogP) is 5.24. The van der Waals surface area contributed by atoms with Crippen LogP contribution in [0.1, 0.15) is 70.3 Å². The molecule has 1 aliphatic carbocycles. The van der Waals surface area contributed by atoms with Crippen molar-refractivity contribution in [3.8, 4) is 23.7 Å². The van der Waals surface area contributed by atoms with Crippen molar-refractivity contribution >= 4 is 5.97 Å². The fourth-order valence-corrected chi connectivity index (χ4v) is 3.45. The molecule has 0 amide bonds. The van der Waals surface area contributed by atoms with Crippen molar-refractivity contribution in [2.24, 2.45) is 11.8 Å². The van der Waals surface area contributed by atoms with Crippen molar-refractivity contribution in [1.82, 2.24) is 0 Å². The van der Waals surface area contributed by atoms with Crippen molar-refractivity contribution in [2.45, 2.75) is 64.7 Å². The molecule has 0 aromatic heterocycles. The monoisotopic (exact) mass is 337 g/mol. The van der Waals surface area contributed by atoms with Gasteiger partial charge < -0.3 is 4.74 Å². The molecule has 132 valence electrons. The van der Waals surface area contributed by atoms with Crippen LogP contribution in [0.15, 0.2) is 24.3 Å². The minimum Gasteiger partial charge on any atom is -0.426 e. The molecule has 0 unspecified atom stereocenters. The molecule has 0 N–H and O–H groups in total. The standard InChI is InChI=1S/C22H27NO2/c1-2-3-4-5-7-18-9-13-20(14-10-18)22(24)25-21-15-11-19(12-16-21)8-6-17-23/h11-12,15-16,18,20H,2-5,7,9-10,13-14H2,1H3/t18-,20-. The molecule has 1 saturated carbocycles. The molecular formula is C22H27NO2. The number of ether oxygens (including phenoxy) is 1. The van der Waals surface area contributed by atoms with Crippen LogP contribution in [0.4, 0.5) is 0 Å². The van der Waals surface area contributed by atoms with Crippen molar-refractivity contribution < 1.29 is 9.53 Å². The third-order valence-electron chi connectivity index (χ3n) is 4.98. The Labute approximate surface area is 151 Å². The van der Waals surface area contributed by atoms with Crippen molar-refractivity contribution in [3.63, 3.8) is 0 Å². The Hall–Kier alpha value is -2.26. The zero-order valence-corrected chi connectivity index (χ0v) is 15.1. The molecule has 0 bridgehead atoms. The Kier molecular flexibility index (Phi) is 8.06. The highest BCUT2D eigenvalue weighted by atomic mass is 16.5. The van der Waals surface area contributed by atoms with Gasteiger partial charge >= 0.3 is 5.97 Å². The van der Waals surface area contributed by atoms with Gasteiger partial charge in [0.15, 0.2) is 6.07 Å². The van der Waals surface area contributed by atoms with Gasteiger partial charge in [0.25, 0.3) is 0 Å². The van der Waals surface area contributed by atoms with Gasteiger partial charge in [0.1, 0.15) is 5.75 Å². The molecule has 0 atom stereocenters. The van der Waals surface area contributed by atoms with E-state index in [0.717, 1.165) is 37.2 Å². The quantitative estimate of drug-likeness (QED) is 0.296. The zero-order valence-electron chi connectivity index (χ0n) is 15.1. The molecule has 0 saturated heterocycles. The smallest absolute Gasteiger partial charge is 0.314 e. The highest BCUT2D eigenvalue weighted by Gasteiger charge is 2.27. The summed E-state index contributed by atoms with van der Waals surface area (Å²) in [6.07, 6.45) is 10.8. The van der Waals surface area contributed by atoms with Gasteiger partial charge in [-0.1, -0.05) is 44.9 Å². The Balaban J connectivity index is 1.74. The second kappa shape index (κ2) is 10.6. The zero-order chi connectivity index (χ0) is 17.9. The third-order valence-corrected chi connectivity index (χ3v) is 4.98. The number of esters is 1.